The summed E-state index contributed by atoms with van der Waals surface area (Å²) < 4.78 is 5.15. The SMILES string of the molecule is COc1ccccc1C(=O)NCCC(=O)NC1CCCCC1. The van der Waals surface area contributed by atoms with E-state index in [1.165, 1.54) is 26.4 Å². The molecule has 1 aromatic rings. The van der Waals surface area contributed by atoms with Crippen molar-refractivity contribution in [2.24, 2.45) is 0 Å². The van der Waals surface area contributed by atoms with E-state index < -0.39 is 0 Å². The fourth-order valence-electron chi connectivity index (χ4n) is 2.76. The maximum Gasteiger partial charge on any atom is 0.255 e. The molecule has 2 N–H and O–H groups in total. The second kappa shape index (κ2) is 8.41. The van der Waals surface area contributed by atoms with E-state index >= 15 is 0 Å². The van der Waals surface area contributed by atoms with Crippen molar-refractivity contribution in [2.45, 2.75) is 44.6 Å². The zero-order chi connectivity index (χ0) is 15.8. The third-order valence-electron chi connectivity index (χ3n) is 3.96. The molecular weight excluding hydrogens is 280 g/mol. The van der Waals surface area contributed by atoms with Gasteiger partial charge in [-0.15, -0.1) is 0 Å². The number of carbonyl (C=O) groups is 2. The Morgan fingerprint density at radius 1 is 1.18 bits per heavy atom. The van der Waals surface area contributed by atoms with Gasteiger partial charge in [0.1, 0.15) is 5.75 Å². The predicted octanol–water partition coefficient (Wildman–Crippen LogP) is 2.26. The largest absolute Gasteiger partial charge is 0.496 e. The minimum atomic E-state index is -0.220. The van der Waals surface area contributed by atoms with E-state index in [2.05, 4.69) is 10.6 Å². The second-order valence-corrected chi connectivity index (χ2v) is 5.61. The molecule has 0 spiro atoms. The topological polar surface area (TPSA) is 67.4 Å². The molecule has 2 amide bonds. The molecule has 1 aliphatic rings. The zero-order valence-corrected chi connectivity index (χ0v) is 13.1. The number of hydrogen-bond acceptors (Lipinski definition) is 3. The van der Waals surface area contributed by atoms with Crippen LogP contribution in [0.3, 0.4) is 0 Å². The number of para-hydroxylation sites is 1. The van der Waals surface area contributed by atoms with Crippen LogP contribution in [0.25, 0.3) is 0 Å². The summed E-state index contributed by atoms with van der Waals surface area (Å²) in [7, 11) is 1.53. The number of ether oxygens (including phenoxy) is 1. The first-order chi connectivity index (χ1) is 10.7. The van der Waals surface area contributed by atoms with Crippen molar-refractivity contribution in [2.75, 3.05) is 13.7 Å². The number of benzene rings is 1. The van der Waals surface area contributed by atoms with Crippen molar-refractivity contribution < 1.29 is 14.3 Å². The highest BCUT2D eigenvalue weighted by atomic mass is 16.5. The van der Waals surface area contributed by atoms with Crippen LogP contribution in [0.4, 0.5) is 0 Å². The van der Waals surface area contributed by atoms with Gasteiger partial charge in [-0.3, -0.25) is 9.59 Å². The normalized spacial score (nSPS) is 15.1. The van der Waals surface area contributed by atoms with Crippen molar-refractivity contribution in [1.29, 1.82) is 0 Å². The Bertz CT molecular complexity index is 510. The first kappa shape index (κ1) is 16.3. The van der Waals surface area contributed by atoms with E-state index in [1.807, 2.05) is 6.07 Å². The average molecular weight is 304 g/mol. The van der Waals surface area contributed by atoms with Crippen LogP contribution < -0.4 is 15.4 Å². The van der Waals surface area contributed by atoms with Crippen molar-refractivity contribution in [3.63, 3.8) is 0 Å². The third-order valence-corrected chi connectivity index (χ3v) is 3.96. The molecular formula is C17H24N2O3. The van der Waals surface area contributed by atoms with Crippen LogP contribution in [-0.4, -0.2) is 31.5 Å². The van der Waals surface area contributed by atoms with E-state index in [1.54, 1.807) is 18.2 Å². The summed E-state index contributed by atoms with van der Waals surface area (Å²) in [5.41, 5.74) is 0.484. The molecule has 1 aromatic carbocycles. The van der Waals surface area contributed by atoms with Gasteiger partial charge in [0.2, 0.25) is 5.91 Å². The van der Waals surface area contributed by atoms with Gasteiger partial charge in [0.15, 0.2) is 0 Å². The summed E-state index contributed by atoms with van der Waals surface area (Å²) in [6.45, 7) is 0.329. The maximum atomic E-state index is 12.1. The number of amides is 2. The van der Waals surface area contributed by atoms with Crippen LogP contribution in [0.5, 0.6) is 5.75 Å². The first-order valence-corrected chi connectivity index (χ1v) is 7.91. The molecule has 22 heavy (non-hydrogen) atoms. The molecule has 0 aromatic heterocycles. The number of nitrogens with one attached hydrogen (secondary N) is 2. The summed E-state index contributed by atoms with van der Waals surface area (Å²) in [5, 5.41) is 5.80. The Kier molecular flexibility index (Phi) is 6.25. The fraction of sp³-hybridized carbons (Fsp3) is 0.529. The molecule has 0 bridgehead atoms. The lowest BCUT2D eigenvalue weighted by Crippen LogP contribution is -2.38. The molecule has 0 atom stereocenters. The molecule has 5 heteroatoms. The minimum absolute atomic E-state index is 0.00669. The summed E-state index contributed by atoms with van der Waals surface area (Å²) in [5.74, 6) is 0.321. The average Bonchev–Trinajstić information content (AvgIpc) is 2.55. The Labute approximate surface area is 131 Å². The summed E-state index contributed by atoms with van der Waals surface area (Å²) in [6, 6.07) is 7.35. The fourth-order valence-corrected chi connectivity index (χ4v) is 2.76. The van der Waals surface area contributed by atoms with Gasteiger partial charge >= 0.3 is 0 Å². The Morgan fingerprint density at radius 2 is 1.91 bits per heavy atom. The van der Waals surface area contributed by atoms with Crippen molar-refractivity contribution in [1.82, 2.24) is 10.6 Å². The van der Waals surface area contributed by atoms with E-state index in [0.717, 1.165) is 12.8 Å². The highest BCUT2D eigenvalue weighted by Gasteiger charge is 2.16. The van der Waals surface area contributed by atoms with Gasteiger partial charge in [-0.05, 0) is 25.0 Å². The summed E-state index contributed by atoms with van der Waals surface area (Å²) in [6.07, 6.45) is 6.09. The van der Waals surface area contributed by atoms with Crippen LogP contribution in [0, 0.1) is 0 Å². The molecule has 0 heterocycles. The van der Waals surface area contributed by atoms with Gasteiger partial charge < -0.3 is 15.4 Å². The minimum Gasteiger partial charge on any atom is -0.496 e. The quantitative estimate of drug-likeness (QED) is 0.847. The summed E-state index contributed by atoms with van der Waals surface area (Å²) in [4.78, 5) is 23.9. The molecule has 2 rings (SSSR count). The van der Waals surface area contributed by atoms with Crippen LogP contribution in [0.1, 0.15) is 48.9 Å². The molecule has 1 aliphatic carbocycles. The van der Waals surface area contributed by atoms with E-state index in [-0.39, 0.29) is 11.8 Å². The molecule has 1 saturated carbocycles. The van der Waals surface area contributed by atoms with Gasteiger partial charge in [0.05, 0.1) is 12.7 Å². The lowest BCUT2D eigenvalue weighted by atomic mass is 9.95. The molecule has 1 fully saturated rings. The highest BCUT2D eigenvalue weighted by molar-refractivity contribution is 5.97. The number of methoxy groups -OCH3 is 1. The van der Waals surface area contributed by atoms with Gasteiger partial charge in [0, 0.05) is 19.0 Å². The van der Waals surface area contributed by atoms with E-state index in [9.17, 15) is 9.59 Å². The molecule has 120 valence electrons. The Balaban J connectivity index is 1.73. The van der Waals surface area contributed by atoms with Gasteiger partial charge in [0.25, 0.3) is 5.91 Å². The highest BCUT2D eigenvalue weighted by Crippen LogP contribution is 2.18. The summed E-state index contributed by atoms with van der Waals surface area (Å²) >= 11 is 0. The monoisotopic (exact) mass is 304 g/mol. The predicted molar refractivity (Wildman–Crippen MR) is 85.0 cm³/mol. The second-order valence-electron chi connectivity index (χ2n) is 5.61. The van der Waals surface area contributed by atoms with Crippen molar-refractivity contribution >= 4 is 11.8 Å². The van der Waals surface area contributed by atoms with Gasteiger partial charge in [-0.1, -0.05) is 31.4 Å². The number of carbonyl (C=O) groups excluding carboxylic acids is 2. The zero-order valence-electron chi connectivity index (χ0n) is 13.1. The third kappa shape index (κ3) is 4.76. The molecule has 0 unspecified atom stereocenters. The molecule has 5 nitrogen and oxygen atoms in total. The smallest absolute Gasteiger partial charge is 0.255 e. The number of hydrogen-bond donors (Lipinski definition) is 2. The van der Waals surface area contributed by atoms with E-state index in [0.29, 0.717) is 30.3 Å². The maximum absolute atomic E-state index is 12.1. The Hall–Kier alpha value is -2.04. The standard InChI is InChI=1S/C17H24N2O3/c1-22-15-10-6-5-9-14(15)17(21)18-12-11-16(20)19-13-7-3-2-4-8-13/h5-6,9-10,13H,2-4,7-8,11-12H2,1H3,(H,18,21)(H,19,20). The van der Waals surface area contributed by atoms with Gasteiger partial charge in [-0.25, -0.2) is 0 Å². The first-order valence-electron chi connectivity index (χ1n) is 7.91. The van der Waals surface area contributed by atoms with Crippen LogP contribution in [0.2, 0.25) is 0 Å². The lowest BCUT2D eigenvalue weighted by molar-refractivity contribution is -0.121. The van der Waals surface area contributed by atoms with Gasteiger partial charge in [-0.2, -0.15) is 0 Å². The molecule has 0 aliphatic heterocycles. The van der Waals surface area contributed by atoms with Crippen LogP contribution >= 0.6 is 0 Å². The van der Waals surface area contributed by atoms with E-state index in [4.69, 9.17) is 4.74 Å². The van der Waals surface area contributed by atoms with Crippen LogP contribution in [-0.2, 0) is 4.79 Å². The Morgan fingerprint density at radius 3 is 2.64 bits per heavy atom. The van der Waals surface area contributed by atoms with Crippen molar-refractivity contribution in [3.8, 4) is 5.75 Å². The van der Waals surface area contributed by atoms with Crippen LogP contribution in [0.15, 0.2) is 24.3 Å². The lowest BCUT2D eigenvalue weighted by Gasteiger charge is -2.22. The van der Waals surface area contributed by atoms with Crippen molar-refractivity contribution in [3.05, 3.63) is 29.8 Å². The number of rotatable bonds is 6. The molecule has 0 saturated heterocycles. The molecule has 0 radical (unpaired) electrons.